The van der Waals surface area contributed by atoms with Crippen LogP contribution in [-0.4, -0.2) is 49.3 Å². The van der Waals surface area contributed by atoms with Gasteiger partial charge in [0.2, 0.25) is 0 Å². The van der Waals surface area contributed by atoms with Crippen LogP contribution in [0.1, 0.15) is 33.0 Å². The third kappa shape index (κ3) is 3.84. The summed E-state index contributed by atoms with van der Waals surface area (Å²) in [5, 5.41) is 3.70. The van der Waals surface area contributed by atoms with E-state index in [1.165, 1.54) is 0 Å². The van der Waals surface area contributed by atoms with Crippen LogP contribution in [0.15, 0.2) is 22.8 Å². The van der Waals surface area contributed by atoms with Gasteiger partial charge in [-0.25, -0.2) is 0 Å². The minimum atomic E-state index is 0.0890. The van der Waals surface area contributed by atoms with Gasteiger partial charge in [0.15, 0.2) is 0 Å². The molecule has 0 aliphatic carbocycles. The van der Waals surface area contributed by atoms with Gasteiger partial charge in [0.25, 0.3) is 0 Å². The van der Waals surface area contributed by atoms with Crippen LogP contribution in [0.3, 0.4) is 0 Å². The first kappa shape index (κ1) is 15.5. The summed E-state index contributed by atoms with van der Waals surface area (Å²) in [4.78, 5) is 2.53. The van der Waals surface area contributed by atoms with Crippen LogP contribution in [-0.2, 0) is 11.2 Å². The van der Waals surface area contributed by atoms with Gasteiger partial charge in [-0.1, -0.05) is 6.92 Å². The highest BCUT2D eigenvalue weighted by Gasteiger charge is 2.36. The smallest absolute Gasteiger partial charge is 0.105 e. The predicted octanol–water partition coefficient (Wildman–Crippen LogP) is 2.30. The summed E-state index contributed by atoms with van der Waals surface area (Å²) in [6.07, 6.45) is 3.83. The van der Waals surface area contributed by atoms with Gasteiger partial charge in [0.1, 0.15) is 5.76 Å². The fourth-order valence-corrected chi connectivity index (χ4v) is 2.88. The maximum absolute atomic E-state index is 5.54. The van der Waals surface area contributed by atoms with Crippen molar-refractivity contribution in [3.05, 3.63) is 24.2 Å². The van der Waals surface area contributed by atoms with E-state index >= 15 is 0 Å². The Morgan fingerprint density at radius 3 is 2.70 bits per heavy atom. The fourth-order valence-electron chi connectivity index (χ4n) is 2.88. The first-order valence-corrected chi connectivity index (χ1v) is 7.73. The molecule has 20 heavy (non-hydrogen) atoms. The topological polar surface area (TPSA) is 37.6 Å². The van der Waals surface area contributed by atoms with Crippen molar-refractivity contribution in [2.45, 2.75) is 45.2 Å². The van der Waals surface area contributed by atoms with Crippen LogP contribution < -0.4 is 5.32 Å². The maximum atomic E-state index is 5.54. The first-order valence-electron chi connectivity index (χ1n) is 7.73. The summed E-state index contributed by atoms with van der Waals surface area (Å²) < 4.78 is 11.0. The van der Waals surface area contributed by atoms with Gasteiger partial charge in [-0.3, -0.25) is 4.90 Å². The number of morpholine rings is 1. The highest BCUT2D eigenvalue weighted by molar-refractivity contribution is 5.05. The van der Waals surface area contributed by atoms with Gasteiger partial charge in [0, 0.05) is 31.1 Å². The van der Waals surface area contributed by atoms with Gasteiger partial charge in [-0.05, 0) is 38.9 Å². The Morgan fingerprint density at radius 1 is 1.35 bits per heavy atom. The summed E-state index contributed by atoms with van der Waals surface area (Å²) in [7, 11) is 0. The normalized spacial score (nSPS) is 19.1. The van der Waals surface area contributed by atoms with Crippen molar-refractivity contribution in [1.29, 1.82) is 0 Å². The number of nitrogens with one attached hydrogen (secondary N) is 1. The first-order chi connectivity index (χ1) is 9.64. The molecule has 1 aliphatic rings. The molecule has 114 valence electrons. The number of ether oxygens (including phenoxy) is 1. The SMILES string of the molecule is CCCNC(Cc1ccco1)C(C)(C)N1CCOCC1. The van der Waals surface area contributed by atoms with Gasteiger partial charge in [-0.2, -0.15) is 0 Å². The molecule has 0 amide bonds. The lowest BCUT2D eigenvalue weighted by Crippen LogP contribution is -2.61. The molecule has 1 unspecified atom stereocenters. The predicted molar refractivity (Wildman–Crippen MR) is 81.0 cm³/mol. The standard InChI is InChI=1S/C16H28N2O2/c1-4-7-17-15(13-14-6-5-10-20-14)16(2,3)18-8-11-19-12-9-18/h5-6,10,15,17H,4,7-9,11-13H2,1-3H3. The van der Waals surface area contributed by atoms with Crippen LogP contribution in [0.5, 0.6) is 0 Å². The Bertz CT molecular complexity index is 370. The molecular formula is C16H28N2O2. The molecule has 1 fully saturated rings. The highest BCUT2D eigenvalue weighted by atomic mass is 16.5. The Balaban J connectivity index is 2.06. The Morgan fingerprint density at radius 2 is 2.10 bits per heavy atom. The van der Waals surface area contributed by atoms with Crippen LogP contribution >= 0.6 is 0 Å². The van der Waals surface area contributed by atoms with Crippen molar-refractivity contribution < 1.29 is 9.15 Å². The average Bonchev–Trinajstić information content (AvgIpc) is 2.97. The van der Waals surface area contributed by atoms with Crippen molar-refractivity contribution >= 4 is 0 Å². The molecule has 1 atom stereocenters. The zero-order valence-electron chi connectivity index (χ0n) is 13.0. The minimum Gasteiger partial charge on any atom is -0.469 e. The molecule has 1 aromatic heterocycles. The minimum absolute atomic E-state index is 0.0890. The van der Waals surface area contributed by atoms with Crippen LogP contribution in [0.2, 0.25) is 0 Å². The molecule has 0 bridgehead atoms. The highest BCUT2D eigenvalue weighted by Crippen LogP contribution is 2.23. The van der Waals surface area contributed by atoms with E-state index in [1.54, 1.807) is 6.26 Å². The Kier molecular flexibility index (Phi) is 5.64. The van der Waals surface area contributed by atoms with E-state index in [1.807, 2.05) is 6.07 Å². The van der Waals surface area contributed by atoms with E-state index in [0.717, 1.165) is 51.4 Å². The van der Waals surface area contributed by atoms with Crippen molar-refractivity contribution in [2.24, 2.45) is 0 Å². The van der Waals surface area contributed by atoms with Crippen LogP contribution in [0, 0.1) is 0 Å². The summed E-state index contributed by atoms with van der Waals surface area (Å²) >= 11 is 0. The molecule has 1 aliphatic heterocycles. The molecule has 0 radical (unpaired) electrons. The van der Waals surface area contributed by atoms with E-state index in [-0.39, 0.29) is 5.54 Å². The molecule has 2 rings (SSSR count). The molecule has 0 aromatic carbocycles. The molecule has 1 saturated heterocycles. The van der Waals surface area contributed by atoms with E-state index in [4.69, 9.17) is 9.15 Å². The lowest BCUT2D eigenvalue weighted by Gasteiger charge is -2.46. The molecule has 1 aromatic rings. The van der Waals surface area contributed by atoms with Crippen LogP contribution in [0.25, 0.3) is 0 Å². The number of nitrogens with zero attached hydrogens (tertiary/aromatic N) is 1. The quantitative estimate of drug-likeness (QED) is 0.831. The second-order valence-corrected chi connectivity index (χ2v) is 6.04. The summed E-state index contributed by atoms with van der Waals surface area (Å²) in [6, 6.07) is 4.41. The second-order valence-electron chi connectivity index (χ2n) is 6.04. The van der Waals surface area contributed by atoms with Gasteiger partial charge in [-0.15, -0.1) is 0 Å². The molecule has 0 spiro atoms. The third-order valence-corrected chi connectivity index (χ3v) is 4.31. The van der Waals surface area contributed by atoms with Gasteiger partial charge < -0.3 is 14.5 Å². The molecule has 0 saturated carbocycles. The number of rotatable bonds is 7. The lowest BCUT2D eigenvalue weighted by molar-refractivity contribution is -0.0237. The Labute approximate surface area is 122 Å². The van der Waals surface area contributed by atoms with Crippen molar-refractivity contribution in [3.8, 4) is 0 Å². The largest absolute Gasteiger partial charge is 0.469 e. The number of hydrogen-bond donors (Lipinski definition) is 1. The molecular weight excluding hydrogens is 252 g/mol. The molecule has 1 N–H and O–H groups in total. The van der Waals surface area contributed by atoms with E-state index in [0.29, 0.717) is 6.04 Å². The summed E-state index contributed by atoms with van der Waals surface area (Å²) in [6.45, 7) is 11.6. The molecule has 4 nitrogen and oxygen atoms in total. The van der Waals surface area contributed by atoms with Crippen molar-refractivity contribution in [2.75, 3.05) is 32.8 Å². The number of hydrogen-bond acceptors (Lipinski definition) is 4. The third-order valence-electron chi connectivity index (χ3n) is 4.31. The van der Waals surface area contributed by atoms with Crippen molar-refractivity contribution in [1.82, 2.24) is 10.2 Å². The molecule has 2 heterocycles. The second kappa shape index (κ2) is 7.25. The van der Waals surface area contributed by atoms with Gasteiger partial charge >= 0.3 is 0 Å². The van der Waals surface area contributed by atoms with E-state index < -0.39 is 0 Å². The summed E-state index contributed by atoms with van der Waals surface area (Å²) in [5.74, 6) is 1.06. The average molecular weight is 280 g/mol. The van der Waals surface area contributed by atoms with E-state index in [2.05, 4.69) is 37.1 Å². The Hall–Kier alpha value is -0.840. The zero-order chi connectivity index (χ0) is 14.4. The molecule has 4 heteroatoms. The van der Waals surface area contributed by atoms with E-state index in [9.17, 15) is 0 Å². The van der Waals surface area contributed by atoms with Crippen molar-refractivity contribution in [3.63, 3.8) is 0 Å². The van der Waals surface area contributed by atoms with Crippen LogP contribution in [0.4, 0.5) is 0 Å². The van der Waals surface area contributed by atoms with Gasteiger partial charge in [0.05, 0.1) is 19.5 Å². The maximum Gasteiger partial charge on any atom is 0.105 e. The zero-order valence-corrected chi connectivity index (χ0v) is 13.0. The summed E-state index contributed by atoms with van der Waals surface area (Å²) in [5.41, 5.74) is 0.0890. The monoisotopic (exact) mass is 280 g/mol. The lowest BCUT2D eigenvalue weighted by atomic mass is 9.88. The number of furan rings is 1. The fraction of sp³-hybridized carbons (Fsp3) is 0.750.